The van der Waals surface area contributed by atoms with Crippen LogP contribution in [0.25, 0.3) is 0 Å². The van der Waals surface area contributed by atoms with Gasteiger partial charge >= 0.3 is 5.97 Å². The van der Waals surface area contributed by atoms with Gasteiger partial charge in [-0.25, -0.2) is 4.79 Å². The van der Waals surface area contributed by atoms with E-state index in [1.54, 1.807) is 20.1 Å². The first-order valence-electron chi connectivity index (χ1n) is 10.8. The Balaban J connectivity index is 1.64. The number of aryl methyl sites for hydroxylation is 1. The van der Waals surface area contributed by atoms with E-state index in [0.717, 1.165) is 28.4 Å². The number of carbonyl (C=O) groups is 2. The zero-order valence-corrected chi connectivity index (χ0v) is 20.8. The molecule has 0 bridgehead atoms. The molecule has 1 amide bonds. The van der Waals surface area contributed by atoms with Crippen LogP contribution in [0.2, 0.25) is 0 Å². The third kappa shape index (κ3) is 6.35. The fraction of sp³-hybridized carbons (Fsp3) is 0.391. The molecule has 10 heteroatoms. The van der Waals surface area contributed by atoms with Crippen molar-refractivity contribution in [2.45, 2.75) is 45.3 Å². The highest BCUT2D eigenvalue weighted by atomic mass is 32.2. The summed E-state index contributed by atoms with van der Waals surface area (Å²) in [6.07, 6.45) is 1.41. The highest BCUT2D eigenvalue weighted by Crippen LogP contribution is 2.30. The molecule has 0 aliphatic rings. The number of carbonyl (C=O) groups excluding carboxylic acids is 2. The van der Waals surface area contributed by atoms with Gasteiger partial charge in [0, 0.05) is 17.8 Å². The molecule has 8 nitrogen and oxygen atoms in total. The Morgan fingerprint density at radius 3 is 2.55 bits per heavy atom. The summed E-state index contributed by atoms with van der Waals surface area (Å²) in [4.78, 5) is 25.9. The van der Waals surface area contributed by atoms with Crippen LogP contribution in [0.4, 0.5) is 5.00 Å². The lowest BCUT2D eigenvalue weighted by Crippen LogP contribution is -2.16. The minimum Gasteiger partial charge on any atom is -0.497 e. The van der Waals surface area contributed by atoms with Gasteiger partial charge in [-0.1, -0.05) is 30.8 Å². The maximum atomic E-state index is 12.6. The molecule has 1 aromatic carbocycles. The summed E-state index contributed by atoms with van der Waals surface area (Å²) in [5.74, 6) is 1.16. The summed E-state index contributed by atoms with van der Waals surface area (Å²) in [6.45, 7) is 6.76. The van der Waals surface area contributed by atoms with Crippen LogP contribution in [0, 0.1) is 0 Å². The Hall–Kier alpha value is -2.85. The molecule has 3 rings (SSSR count). The van der Waals surface area contributed by atoms with Crippen molar-refractivity contribution in [3.63, 3.8) is 0 Å². The first kappa shape index (κ1) is 24.8. The number of benzene rings is 1. The second-order valence-corrected chi connectivity index (χ2v) is 9.11. The van der Waals surface area contributed by atoms with Crippen LogP contribution in [-0.2, 0) is 28.9 Å². The number of thioether (sulfide) groups is 1. The van der Waals surface area contributed by atoms with Gasteiger partial charge in [0.25, 0.3) is 0 Å². The van der Waals surface area contributed by atoms with Crippen LogP contribution in [0.3, 0.4) is 0 Å². The fourth-order valence-corrected chi connectivity index (χ4v) is 4.98. The van der Waals surface area contributed by atoms with Crippen LogP contribution in [0.15, 0.2) is 35.5 Å². The van der Waals surface area contributed by atoms with E-state index in [2.05, 4.69) is 15.5 Å². The highest BCUT2D eigenvalue weighted by Gasteiger charge is 2.19. The quantitative estimate of drug-likeness (QED) is 0.315. The van der Waals surface area contributed by atoms with E-state index in [1.165, 1.54) is 23.1 Å². The van der Waals surface area contributed by atoms with Gasteiger partial charge in [-0.2, -0.15) is 0 Å². The Labute approximate surface area is 201 Å². The molecule has 0 radical (unpaired) electrons. The van der Waals surface area contributed by atoms with Crippen molar-refractivity contribution >= 4 is 40.0 Å². The number of aromatic nitrogens is 3. The minimum atomic E-state index is -0.426. The smallest absolute Gasteiger partial charge is 0.341 e. The third-order valence-electron chi connectivity index (χ3n) is 4.84. The number of nitrogens with one attached hydrogen (secondary N) is 1. The molecule has 0 aliphatic carbocycles. The molecular weight excluding hydrogens is 460 g/mol. The standard InChI is InChI=1S/C23H28N4O4S2/c1-5-17-13-18(22(29)31-7-3)21(33-17)24-20(28)14-32-23-26-25-19(27(23)6-2)12-15-8-10-16(30-4)11-9-15/h8-11,13H,5-7,12,14H2,1-4H3,(H,24,28). The lowest BCUT2D eigenvalue weighted by molar-refractivity contribution is -0.113. The van der Waals surface area contributed by atoms with Crippen molar-refractivity contribution in [2.75, 3.05) is 24.8 Å². The Bertz CT molecular complexity index is 1090. The Morgan fingerprint density at radius 2 is 1.91 bits per heavy atom. The molecule has 0 saturated heterocycles. The number of rotatable bonds is 11. The van der Waals surface area contributed by atoms with E-state index < -0.39 is 5.97 Å². The second kappa shape index (κ2) is 11.9. The predicted octanol–water partition coefficient (Wildman–Crippen LogP) is 4.43. The topological polar surface area (TPSA) is 95.3 Å². The van der Waals surface area contributed by atoms with E-state index in [-0.39, 0.29) is 18.3 Å². The van der Waals surface area contributed by atoms with Gasteiger partial charge in [-0.05, 0) is 44.0 Å². The molecule has 0 unspecified atom stereocenters. The van der Waals surface area contributed by atoms with Gasteiger partial charge in [0.1, 0.15) is 16.6 Å². The third-order valence-corrected chi connectivity index (χ3v) is 7.00. The number of esters is 1. The molecule has 0 atom stereocenters. The molecule has 0 aliphatic heterocycles. The molecule has 0 spiro atoms. The summed E-state index contributed by atoms with van der Waals surface area (Å²) < 4.78 is 12.3. The minimum absolute atomic E-state index is 0.155. The molecule has 33 heavy (non-hydrogen) atoms. The number of amides is 1. The van der Waals surface area contributed by atoms with Gasteiger partial charge < -0.3 is 19.4 Å². The number of nitrogens with zero attached hydrogens (tertiary/aromatic N) is 3. The molecular formula is C23H28N4O4S2. The van der Waals surface area contributed by atoms with E-state index in [4.69, 9.17) is 9.47 Å². The first-order valence-corrected chi connectivity index (χ1v) is 12.6. The van der Waals surface area contributed by atoms with Crippen molar-refractivity contribution in [3.05, 3.63) is 52.2 Å². The fourth-order valence-electron chi connectivity index (χ4n) is 3.16. The van der Waals surface area contributed by atoms with E-state index in [0.29, 0.717) is 28.7 Å². The number of methoxy groups -OCH3 is 1. The summed E-state index contributed by atoms with van der Waals surface area (Å²) in [5, 5.41) is 12.7. The SMILES string of the molecule is CCOC(=O)c1cc(CC)sc1NC(=O)CSc1nnc(Cc2ccc(OC)cc2)n1CC. The number of anilines is 1. The molecule has 2 aromatic heterocycles. The maximum Gasteiger partial charge on any atom is 0.341 e. The first-order chi connectivity index (χ1) is 16.0. The van der Waals surface area contributed by atoms with Crippen LogP contribution in [-0.4, -0.2) is 46.1 Å². The van der Waals surface area contributed by atoms with Crippen molar-refractivity contribution in [2.24, 2.45) is 0 Å². The van der Waals surface area contributed by atoms with Crippen LogP contribution in [0.1, 0.15) is 47.4 Å². The van der Waals surface area contributed by atoms with Crippen molar-refractivity contribution < 1.29 is 19.1 Å². The Morgan fingerprint density at radius 1 is 1.15 bits per heavy atom. The van der Waals surface area contributed by atoms with Crippen LogP contribution in [0.5, 0.6) is 5.75 Å². The molecule has 176 valence electrons. The van der Waals surface area contributed by atoms with Crippen molar-refractivity contribution in [1.29, 1.82) is 0 Å². The van der Waals surface area contributed by atoms with Gasteiger partial charge in [-0.3, -0.25) is 4.79 Å². The van der Waals surface area contributed by atoms with Gasteiger partial charge in [0.2, 0.25) is 5.91 Å². The van der Waals surface area contributed by atoms with Crippen molar-refractivity contribution in [1.82, 2.24) is 14.8 Å². The summed E-state index contributed by atoms with van der Waals surface area (Å²) in [7, 11) is 1.64. The maximum absolute atomic E-state index is 12.6. The lowest BCUT2D eigenvalue weighted by atomic mass is 10.1. The van der Waals surface area contributed by atoms with Gasteiger partial charge in [0.05, 0.1) is 25.0 Å². The molecule has 2 heterocycles. The highest BCUT2D eigenvalue weighted by molar-refractivity contribution is 7.99. The van der Waals surface area contributed by atoms with Gasteiger partial charge in [-0.15, -0.1) is 21.5 Å². The number of hydrogen-bond acceptors (Lipinski definition) is 8. The van der Waals surface area contributed by atoms with E-state index in [1.807, 2.05) is 42.7 Å². The zero-order valence-electron chi connectivity index (χ0n) is 19.2. The molecule has 0 fully saturated rings. The number of hydrogen-bond donors (Lipinski definition) is 1. The zero-order chi connectivity index (χ0) is 23.8. The lowest BCUT2D eigenvalue weighted by Gasteiger charge is -2.08. The van der Waals surface area contributed by atoms with Crippen LogP contribution < -0.4 is 10.1 Å². The number of ether oxygens (including phenoxy) is 2. The summed E-state index contributed by atoms with van der Waals surface area (Å²) in [5.41, 5.74) is 1.50. The normalized spacial score (nSPS) is 10.8. The second-order valence-electron chi connectivity index (χ2n) is 7.03. The van der Waals surface area contributed by atoms with Crippen molar-refractivity contribution in [3.8, 4) is 5.75 Å². The van der Waals surface area contributed by atoms with E-state index in [9.17, 15) is 9.59 Å². The number of thiophene rings is 1. The average molecular weight is 489 g/mol. The average Bonchev–Trinajstić information content (AvgIpc) is 3.41. The predicted molar refractivity (Wildman–Crippen MR) is 131 cm³/mol. The Kier molecular flexibility index (Phi) is 8.90. The largest absolute Gasteiger partial charge is 0.497 e. The molecule has 3 aromatic rings. The molecule has 0 saturated carbocycles. The van der Waals surface area contributed by atoms with E-state index >= 15 is 0 Å². The monoisotopic (exact) mass is 488 g/mol. The van der Waals surface area contributed by atoms with Crippen LogP contribution >= 0.6 is 23.1 Å². The summed E-state index contributed by atoms with van der Waals surface area (Å²) in [6, 6.07) is 9.62. The van der Waals surface area contributed by atoms with Gasteiger partial charge in [0.15, 0.2) is 5.16 Å². The summed E-state index contributed by atoms with van der Waals surface area (Å²) >= 11 is 2.71. The molecule has 1 N–H and O–H groups in total.